The highest BCUT2D eigenvalue weighted by atomic mass is 16.6. The van der Waals surface area contributed by atoms with Crippen molar-refractivity contribution < 1.29 is 19.1 Å². The van der Waals surface area contributed by atoms with E-state index in [1.807, 2.05) is 57.2 Å². The summed E-state index contributed by atoms with van der Waals surface area (Å²) in [5.74, 6) is 0.669. The molecule has 0 atom stereocenters. The number of nitrogens with one attached hydrogen (secondary N) is 1. The maximum atomic E-state index is 13.3. The van der Waals surface area contributed by atoms with Crippen LogP contribution in [0.1, 0.15) is 29.8 Å². The van der Waals surface area contributed by atoms with Crippen molar-refractivity contribution in [1.82, 2.24) is 9.80 Å². The number of amides is 2. The molecule has 0 aromatic heterocycles. The number of aryl methyl sites for hydroxylation is 1. The number of rotatable bonds is 3. The molecule has 0 bridgehead atoms. The van der Waals surface area contributed by atoms with E-state index in [4.69, 9.17) is 15.2 Å². The van der Waals surface area contributed by atoms with Crippen LogP contribution >= 0.6 is 0 Å². The van der Waals surface area contributed by atoms with Crippen molar-refractivity contribution in [3.63, 3.8) is 0 Å². The number of nitrogens with two attached hydrogens (primary N) is 1. The van der Waals surface area contributed by atoms with Gasteiger partial charge in [-0.15, -0.1) is 0 Å². The molecule has 0 unspecified atom stereocenters. The van der Waals surface area contributed by atoms with Gasteiger partial charge in [0, 0.05) is 25.2 Å². The van der Waals surface area contributed by atoms with Crippen LogP contribution in [0.3, 0.4) is 0 Å². The molecule has 33 heavy (non-hydrogen) atoms. The molecule has 2 aliphatic rings. The van der Waals surface area contributed by atoms with E-state index in [0.29, 0.717) is 49.9 Å². The van der Waals surface area contributed by atoms with Crippen molar-refractivity contribution in [2.24, 2.45) is 10.8 Å². The predicted molar refractivity (Wildman–Crippen MR) is 126 cm³/mol. The van der Waals surface area contributed by atoms with Crippen molar-refractivity contribution in [3.05, 3.63) is 53.6 Å². The Kier molecular flexibility index (Phi) is 6.13. The quantitative estimate of drug-likeness (QED) is 0.421. The molecule has 9 heteroatoms. The van der Waals surface area contributed by atoms with Gasteiger partial charge in [0.15, 0.2) is 11.5 Å². The van der Waals surface area contributed by atoms with E-state index < -0.39 is 5.54 Å². The molecule has 2 heterocycles. The van der Waals surface area contributed by atoms with E-state index in [0.717, 1.165) is 11.3 Å². The number of benzene rings is 2. The first-order chi connectivity index (χ1) is 15.8. The zero-order valence-electron chi connectivity index (χ0n) is 19.1. The van der Waals surface area contributed by atoms with Gasteiger partial charge in [0.05, 0.1) is 11.2 Å². The van der Waals surface area contributed by atoms with Crippen molar-refractivity contribution in [3.8, 4) is 11.5 Å². The maximum Gasteiger partial charge on any atom is 0.291 e. The lowest BCUT2D eigenvalue weighted by Gasteiger charge is -2.46. The Morgan fingerprint density at radius 2 is 1.82 bits per heavy atom. The summed E-state index contributed by atoms with van der Waals surface area (Å²) in [4.78, 5) is 29.7. The SMILES string of the molecule is Cc1cc(C(=O)N2CCN(C(=O)C(N)=NNc3ccccc3)C(C)(C)C2)cc2c1OCCO2. The zero-order chi connectivity index (χ0) is 23.6. The minimum atomic E-state index is -0.624. The van der Waals surface area contributed by atoms with Crippen LogP contribution in [0.2, 0.25) is 0 Å². The Bertz CT molecular complexity index is 1080. The van der Waals surface area contributed by atoms with Crippen LogP contribution in [-0.4, -0.2) is 65.8 Å². The van der Waals surface area contributed by atoms with Crippen LogP contribution in [0.25, 0.3) is 0 Å². The fourth-order valence-electron chi connectivity index (χ4n) is 4.16. The average molecular weight is 452 g/mol. The smallest absolute Gasteiger partial charge is 0.291 e. The Balaban J connectivity index is 1.45. The van der Waals surface area contributed by atoms with E-state index in [9.17, 15) is 9.59 Å². The number of hydrogen-bond donors (Lipinski definition) is 2. The lowest BCUT2D eigenvalue weighted by atomic mass is 9.97. The van der Waals surface area contributed by atoms with Crippen LogP contribution in [-0.2, 0) is 4.79 Å². The van der Waals surface area contributed by atoms with Crippen LogP contribution < -0.4 is 20.6 Å². The summed E-state index contributed by atoms with van der Waals surface area (Å²) < 4.78 is 11.3. The van der Waals surface area contributed by atoms with Gasteiger partial charge in [-0.05, 0) is 50.6 Å². The Morgan fingerprint density at radius 1 is 1.09 bits per heavy atom. The molecule has 9 nitrogen and oxygen atoms in total. The van der Waals surface area contributed by atoms with Gasteiger partial charge >= 0.3 is 0 Å². The molecular formula is C24H29N5O4. The Morgan fingerprint density at radius 3 is 2.55 bits per heavy atom. The molecule has 2 amide bonds. The van der Waals surface area contributed by atoms with E-state index in [2.05, 4.69) is 10.5 Å². The molecule has 0 spiro atoms. The molecule has 2 aliphatic heterocycles. The van der Waals surface area contributed by atoms with Gasteiger partial charge in [0.25, 0.3) is 11.8 Å². The minimum absolute atomic E-state index is 0.109. The van der Waals surface area contributed by atoms with Gasteiger partial charge in [-0.2, -0.15) is 5.10 Å². The van der Waals surface area contributed by atoms with Crippen LogP contribution in [0.15, 0.2) is 47.6 Å². The molecule has 1 fully saturated rings. The number of hydrazone groups is 1. The van der Waals surface area contributed by atoms with Gasteiger partial charge in [0.1, 0.15) is 13.2 Å². The first-order valence-corrected chi connectivity index (χ1v) is 10.9. The molecule has 2 aromatic carbocycles. The predicted octanol–water partition coefficient (Wildman–Crippen LogP) is 2.21. The average Bonchev–Trinajstić information content (AvgIpc) is 2.81. The fourth-order valence-corrected chi connectivity index (χ4v) is 4.16. The molecule has 0 aliphatic carbocycles. The number of hydrogen-bond acceptors (Lipinski definition) is 6. The highest BCUT2D eigenvalue weighted by molar-refractivity contribution is 6.37. The molecule has 174 valence electrons. The number of carbonyl (C=O) groups is 2. The monoisotopic (exact) mass is 451 g/mol. The van der Waals surface area contributed by atoms with E-state index >= 15 is 0 Å². The van der Waals surface area contributed by atoms with Gasteiger partial charge in [-0.25, -0.2) is 0 Å². The first-order valence-electron chi connectivity index (χ1n) is 10.9. The third kappa shape index (κ3) is 4.72. The van der Waals surface area contributed by atoms with Crippen LogP contribution in [0, 0.1) is 6.92 Å². The van der Waals surface area contributed by atoms with Crippen molar-refractivity contribution in [2.75, 3.05) is 38.3 Å². The van der Waals surface area contributed by atoms with Crippen LogP contribution in [0.4, 0.5) is 5.69 Å². The Hall–Kier alpha value is -3.75. The van der Waals surface area contributed by atoms with Gasteiger partial charge in [-0.3, -0.25) is 15.0 Å². The summed E-state index contributed by atoms with van der Waals surface area (Å²) in [6, 6.07) is 12.8. The molecule has 2 aromatic rings. The van der Waals surface area contributed by atoms with E-state index in [-0.39, 0.29) is 17.6 Å². The number of piperazine rings is 1. The minimum Gasteiger partial charge on any atom is -0.486 e. The Labute approximate surface area is 193 Å². The second-order valence-electron chi connectivity index (χ2n) is 8.79. The summed E-state index contributed by atoms with van der Waals surface area (Å²) in [5.41, 5.74) is 10.3. The summed E-state index contributed by atoms with van der Waals surface area (Å²) in [5, 5.41) is 4.03. The molecule has 4 rings (SSSR count). The number of para-hydroxylation sites is 1. The van der Waals surface area contributed by atoms with Gasteiger partial charge in [-0.1, -0.05) is 18.2 Å². The van der Waals surface area contributed by atoms with Crippen LogP contribution in [0.5, 0.6) is 11.5 Å². The lowest BCUT2D eigenvalue weighted by Crippen LogP contribution is -2.63. The number of carbonyl (C=O) groups excluding carboxylic acids is 2. The zero-order valence-corrected chi connectivity index (χ0v) is 19.1. The number of ether oxygens (including phenoxy) is 2. The highest BCUT2D eigenvalue weighted by Gasteiger charge is 2.39. The number of fused-ring (bicyclic) bond motifs is 1. The summed E-state index contributed by atoms with van der Waals surface area (Å²) in [7, 11) is 0. The van der Waals surface area contributed by atoms with Gasteiger partial charge < -0.3 is 25.0 Å². The maximum absolute atomic E-state index is 13.3. The first kappa shape index (κ1) is 22.4. The summed E-state index contributed by atoms with van der Waals surface area (Å²) >= 11 is 0. The van der Waals surface area contributed by atoms with Gasteiger partial charge in [0.2, 0.25) is 5.84 Å². The second-order valence-corrected chi connectivity index (χ2v) is 8.79. The fraction of sp³-hybridized carbons (Fsp3) is 0.375. The molecule has 0 radical (unpaired) electrons. The summed E-state index contributed by atoms with van der Waals surface area (Å²) in [6.45, 7) is 7.79. The molecule has 1 saturated heterocycles. The van der Waals surface area contributed by atoms with E-state index in [1.54, 1.807) is 15.9 Å². The van der Waals surface area contributed by atoms with Crippen molar-refractivity contribution in [1.29, 1.82) is 0 Å². The highest BCUT2D eigenvalue weighted by Crippen LogP contribution is 2.35. The summed E-state index contributed by atoms with van der Waals surface area (Å²) in [6.07, 6.45) is 0. The number of anilines is 1. The van der Waals surface area contributed by atoms with Crippen molar-refractivity contribution in [2.45, 2.75) is 26.3 Å². The molecular weight excluding hydrogens is 422 g/mol. The molecule has 0 saturated carbocycles. The standard InChI is InChI=1S/C24H29N5O4/c1-16-13-17(14-19-20(16)33-12-11-32-19)22(30)28-9-10-29(24(2,3)15-28)23(31)21(25)27-26-18-7-5-4-6-8-18/h4-8,13-14,26H,9-12,15H2,1-3H3,(H2,25,27). The lowest BCUT2D eigenvalue weighted by molar-refractivity contribution is -0.132. The number of amidine groups is 1. The largest absolute Gasteiger partial charge is 0.486 e. The number of nitrogens with zero attached hydrogens (tertiary/aromatic N) is 3. The third-order valence-electron chi connectivity index (χ3n) is 5.81. The van der Waals surface area contributed by atoms with Crippen molar-refractivity contribution >= 4 is 23.3 Å². The normalized spacial score (nSPS) is 17.5. The third-order valence-corrected chi connectivity index (χ3v) is 5.81. The van der Waals surface area contributed by atoms with E-state index in [1.165, 1.54) is 0 Å². The topological polar surface area (TPSA) is 109 Å². The molecule has 3 N–H and O–H groups in total. The second kappa shape index (κ2) is 9.01.